The Balaban J connectivity index is 2.21. The maximum atomic E-state index is 10.6. The Morgan fingerprint density at radius 2 is 2.42 bits per heavy atom. The third-order valence-corrected chi connectivity index (χ3v) is 3.42. The van der Waals surface area contributed by atoms with Crippen molar-refractivity contribution in [3.63, 3.8) is 0 Å². The van der Waals surface area contributed by atoms with Gasteiger partial charge in [-0.05, 0) is 12.8 Å². The fourth-order valence-electron chi connectivity index (χ4n) is 2.37. The van der Waals surface area contributed by atoms with Gasteiger partial charge < -0.3 is 10.4 Å². The summed E-state index contributed by atoms with van der Waals surface area (Å²) in [5, 5.41) is 32.0. The lowest BCUT2D eigenvalue weighted by molar-refractivity contribution is -0.385. The van der Waals surface area contributed by atoms with Gasteiger partial charge in [-0.3, -0.25) is 10.1 Å². The summed E-state index contributed by atoms with van der Waals surface area (Å²) in [6.07, 6.45) is 3.97. The van der Waals surface area contributed by atoms with E-state index in [0.29, 0.717) is 5.82 Å². The first-order chi connectivity index (χ1) is 9.15. The topological polar surface area (TPSA) is 112 Å². The Bertz CT molecular complexity index is 526. The van der Waals surface area contributed by atoms with E-state index in [0.717, 1.165) is 25.5 Å². The second kappa shape index (κ2) is 5.63. The van der Waals surface area contributed by atoms with Gasteiger partial charge >= 0.3 is 0 Å². The van der Waals surface area contributed by atoms with Crippen LogP contribution in [0.15, 0.2) is 12.3 Å². The Hall–Kier alpha value is -2.20. The zero-order valence-corrected chi connectivity index (χ0v) is 10.2. The Labute approximate surface area is 110 Å². The number of rotatable bonds is 4. The summed E-state index contributed by atoms with van der Waals surface area (Å²) >= 11 is 0. The van der Waals surface area contributed by atoms with Crippen molar-refractivity contribution in [2.24, 2.45) is 5.92 Å². The Kier molecular flexibility index (Phi) is 3.92. The van der Waals surface area contributed by atoms with E-state index < -0.39 is 4.92 Å². The van der Waals surface area contributed by atoms with Gasteiger partial charge in [-0.15, -0.1) is 0 Å². The summed E-state index contributed by atoms with van der Waals surface area (Å²) < 4.78 is 0. The van der Waals surface area contributed by atoms with Crippen LogP contribution < -0.4 is 5.32 Å². The van der Waals surface area contributed by atoms with Gasteiger partial charge in [-0.25, -0.2) is 4.98 Å². The van der Waals surface area contributed by atoms with Crippen LogP contribution >= 0.6 is 0 Å². The molecule has 2 unspecified atom stereocenters. The molecular formula is C12H14N4O3. The fraction of sp³-hybridized carbons (Fsp3) is 0.500. The summed E-state index contributed by atoms with van der Waals surface area (Å²) in [6.45, 7) is 0.0898. The summed E-state index contributed by atoms with van der Waals surface area (Å²) in [4.78, 5) is 14.0. The van der Waals surface area contributed by atoms with Gasteiger partial charge in [0.1, 0.15) is 23.6 Å². The zero-order chi connectivity index (χ0) is 13.8. The minimum Gasteiger partial charge on any atom is -0.396 e. The fourth-order valence-corrected chi connectivity index (χ4v) is 2.37. The van der Waals surface area contributed by atoms with E-state index in [1.807, 2.05) is 6.07 Å². The number of aromatic nitrogens is 1. The molecule has 0 bridgehead atoms. The van der Waals surface area contributed by atoms with E-state index in [2.05, 4.69) is 10.3 Å². The minimum atomic E-state index is -0.580. The molecule has 0 aromatic carbocycles. The molecule has 1 aliphatic rings. The number of aliphatic hydroxyl groups is 1. The number of anilines is 1. The van der Waals surface area contributed by atoms with E-state index in [9.17, 15) is 15.2 Å². The highest BCUT2D eigenvalue weighted by Crippen LogP contribution is 2.29. The van der Waals surface area contributed by atoms with Crippen molar-refractivity contribution < 1.29 is 10.0 Å². The molecule has 2 atom stereocenters. The van der Waals surface area contributed by atoms with Gasteiger partial charge in [0.15, 0.2) is 0 Å². The molecule has 0 radical (unpaired) electrons. The van der Waals surface area contributed by atoms with Crippen LogP contribution in [0, 0.1) is 27.4 Å². The van der Waals surface area contributed by atoms with Crippen LogP contribution in [0.5, 0.6) is 0 Å². The molecule has 2 N–H and O–H groups in total. The highest BCUT2D eigenvalue weighted by molar-refractivity contribution is 5.56. The summed E-state index contributed by atoms with van der Waals surface area (Å²) in [7, 11) is 0. The summed E-state index contributed by atoms with van der Waals surface area (Å²) in [5.74, 6) is 0.488. The maximum absolute atomic E-state index is 10.6. The SMILES string of the molecule is N#Cc1cc([N+](=O)[O-])cnc1NC1CCCC1CO. The third-order valence-electron chi connectivity index (χ3n) is 3.42. The van der Waals surface area contributed by atoms with Crippen LogP contribution in [0.4, 0.5) is 11.5 Å². The quantitative estimate of drug-likeness (QED) is 0.627. The van der Waals surface area contributed by atoms with Gasteiger partial charge in [0, 0.05) is 24.6 Å². The maximum Gasteiger partial charge on any atom is 0.289 e. The van der Waals surface area contributed by atoms with Crippen LogP contribution in [0.2, 0.25) is 0 Å². The summed E-state index contributed by atoms with van der Waals surface area (Å²) in [5.41, 5.74) is -0.0509. The molecule has 2 rings (SSSR count). The first kappa shape index (κ1) is 13.2. The first-order valence-corrected chi connectivity index (χ1v) is 6.07. The molecule has 1 fully saturated rings. The van der Waals surface area contributed by atoms with Crippen molar-refractivity contribution in [2.45, 2.75) is 25.3 Å². The van der Waals surface area contributed by atoms with E-state index in [1.54, 1.807) is 0 Å². The number of nitrogens with one attached hydrogen (secondary N) is 1. The average Bonchev–Trinajstić information content (AvgIpc) is 2.86. The molecule has 0 saturated heterocycles. The molecule has 1 saturated carbocycles. The number of hydrogen-bond acceptors (Lipinski definition) is 6. The van der Waals surface area contributed by atoms with Gasteiger partial charge in [-0.1, -0.05) is 6.42 Å². The third kappa shape index (κ3) is 2.80. The molecule has 100 valence electrons. The van der Waals surface area contributed by atoms with Gasteiger partial charge in [0.25, 0.3) is 5.69 Å². The smallest absolute Gasteiger partial charge is 0.289 e. The standard InChI is InChI=1S/C12H14N4O3/c13-5-9-4-10(16(18)19)6-14-12(9)15-11-3-1-2-8(11)7-17/h4,6,8,11,17H,1-3,7H2,(H,14,15). The van der Waals surface area contributed by atoms with Crippen LogP contribution in [-0.4, -0.2) is 27.7 Å². The second-order valence-corrected chi connectivity index (χ2v) is 4.58. The number of aliphatic hydroxyl groups excluding tert-OH is 1. The zero-order valence-electron chi connectivity index (χ0n) is 10.2. The van der Waals surface area contributed by atoms with Gasteiger partial charge in [0.05, 0.1) is 4.92 Å². The van der Waals surface area contributed by atoms with Gasteiger partial charge in [0.2, 0.25) is 0 Å². The molecule has 1 aromatic heterocycles. The predicted molar refractivity (Wildman–Crippen MR) is 67.4 cm³/mol. The normalized spacial score (nSPS) is 21.9. The van der Waals surface area contributed by atoms with Crippen LogP contribution in [-0.2, 0) is 0 Å². The van der Waals surface area contributed by atoms with Crippen molar-refractivity contribution in [3.05, 3.63) is 27.9 Å². The first-order valence-electron chi connectivity index (χ1n) is 6.07. The molecule has 0 aliphatic heterocycles. The van der Waals surface area contributed by atoms with Crippen molar-refractivity contribution in [1.82, 2.24) is 4.98 Å². The molecule has 1 aromatic rings. The number of nitro groups is 1. The lowest BCUT2D eigenvalue weighted by Gasteiger charge is -2.19. The Morgan fingerprint density at radius 3 is 3.05 bits per heavy atom. The minimum absolute atomic E-state index is 0.0612. The molecule has 0 spiro atoms. The van der Waals surface area contributed by atoms with Gasteiger partial charge in [-0.2, -0.15) is 5.26 Å². The molecule has 1 aliphatic carbocycles. The van der Waals surface area contributed by atoms with E-state index in [-0.39, 0.29) is 29.8 Å². The molecule has 7 nitrogen and oxygen atoms in total. The number of pyridine rings is 1. The van der Waals surface area contributed by atoms with Crippen LogP contribution in [0.25, 0.3) is 0 Å². The molecule has 19 heavy (non-hydrogen) atoms. The largest absolute Gasteiger partial charge is 0.396 e. The van der Waals surface area contributed by atoms with Crippen LogP contribution in [0.1, 0.15) is 24.8 Å². The van der Waals surface area contributed by atoms with E-state index >= 15 is 0 Å². The van der Waals surface area contributed by atoms with E-state index in [4.69, 9.17) is 5.26 Å². The molecular weight excluding hydrogens is 248 g/mol. The molecule has 7 heteroatoms. The lowest BCUT2D eigenvalue weighted by Crippen LogP contribution is -2.27. The van der Waals surface area contributed by atoms with Crippen LogP contribution in [0.3, 0.4) is 0 Å². The predicted octanol–water partition coefficient (Wildman–Crippen LogP) is 1.43. The number of hydrogen-bond donors (Lipinski definition) is 2. The van der Waals surface area contributed by atoms with Crippen molar-refractivity contribution >= 4 is 11.5 Å². The second-order valence-electron chi connectivity index (χ2n) is 4.58. The average molecular weight is 262 g/mol. The Morgan fingerprint density at radius 1 is 1.63 bits per heavy atom. The van der Waals surface area contributed by atoms with Crippen molar-refractivity contribution in [2.75, 3.05) is 11.9 Å². The molecule has 1 heterocycles. The number of nitriles is 1. The molecule has 0 amide bonds. The monoisotopic (exact) mass is 262 g/mol. The lowest BCUT2D eigenvalue weighted by atomic mass is 10.0. The van der Waals surface area contributed by atoms with Crippen molar-refractivity contribution in [1.29, 1.82) is 5.26 Å². The summed E-state index contributed by atoms with van der Waals surface area (Å²) in [6, 6.07) is 3.17. The highest BCUT2D eigenvalue weighted by atomic mass is 16.6. The van der Waals surface area contributed by atoms with Crippen molar-refractivity contribution in [3.8, 4) is 6.07 Å². The van der Waals surface area contributed by atoms with E-state index in [1.165, 1.54) is 6.07 Å². The highest BCUT2D eigenvalue weighted by Gasteiger charge is 2.27. The number of nitrogens with zero attached hydrogens (tertiary/aromatic N) is 3.